The van der Waals surface area contributed by atoms with Crippen LogP contribution in [0, 0.1) is 0 Å². The standard InChI is InChI=1S/C18H33P.2CHF3O3S.Pd/c1-4-10-16(11-5-1)19(17-12-6-2-7-13-17)18-14-8-3-9-15-18;2*2-1(3,4)8(5,6)7;/h16-18H,1-15H2;2*(H,5,6,7);/q;;;+2/p-2. The predicted octanol–water partition coefficient (Wildman–Crippen LogP) is 6.57. The van der Waals surface area contributed by atoms with Crippen molar-refractivity contribution < 1.29 is 72.7 Å². The zero-order chi connectivity index (χ0) is 26.9. The zero-order valence-electron chi connectivity index (χ0n) is 19.6. The minimum absolute atomic E-state index is 0. The Balaban J connectivity index is 0.000000607. The van der Waals surface area contributed by atoms with Crippen LogP contribution in [0.25, 0.3) is 0 Å². The van der Waals surface area contributed by atoms with Crippen molar-refractivity contribution in [1.82, 2.24) is 0 Å². The number of hydrogen-bond donors (Lipinski definition) is 0. The van der Waals surface area contributed by atoms with Gasteiger partial charge in [0.05, 0.1) is 0 Å². The molecule has 218 valence electrons. The molecule has 3 aliphatic carbocycles. The van der Waals surface area contributed by atoms with Gasteiger partial charge in [0.1, 0.15) is 0 Å². The van der Waals surface area contributed by atoms with Gasteiger partial charge in [-0.1, -0.05) is 65.7 Å². The first kappa shape index (κ1) is 36.5. The van der Waals surface area contributed by atoms with Gasteiger partial charge in [0.25, 0.3) is 0 Å². The molecule has 0 spiro atoms. The summed E-state index contributed by atoms with van der Waals surface area (Å²) < 4.78 is 118. The summed E-state index contributed by atoms with van der Waals surface area (Å²) in [7, 11) is -11.8. The van der Waals surface area contributed by atoms with Crippen LogP contribution < -0.4 is 0 Å². The summed E-state index contributed by atoms with van der Waals surface area (Å²) in [5.41, 5.74) is -7.72. The van der Waals surface area contributed by atoms with Gasteiger partial charge in [0.2, 0.25) is 0 Å². The molecule has 36 heavy (non-hydrogen) atoms. The van der Waals surface area contributed by atoms with E-state index in [1.54, 1.807) is 77.0 Å². The minimum Gasteiger partial charge on any atom is -0.741 e. The van der Waals surface area contributed by atoms with Crippen molar-refractivity contribution in [2.24, 2.45) is 0 Å². The number of hydrogen-bond acceptors (Lipinski definition) is 6. The third kappa shape index (κ3) is 13.0. The maximum absolute atomic E-state index is 10.7. The van der Waals surface area contributed by atoms with E-state index in [2.05, 4.69) is 0 Å². The fourth-order valence-electron chi connectivity index (χ4n) is 5.03. The number of halogens is 6. The molecule has 0 amide bonds. The fourth-order valence-corrected chi connectivity index (χ4v) is 9.71. The van der Waals surface area contributed by atoms with Crippen LogP contribution in [0.1, 0.15) is 96.3 Å². The molecule has 0 atom stereocenters. The normalized spacial score (nSPS) is 21.5. The second-order valence-electron chi connectivity index (χ2n) is 9.12. The SMILES string of the molecule is C1CCC(P(C2CCCCC2)C2CCCCC2)CC1.O=S(=O)([O-])C(F)(F)F.O=S(=O)([O-])C(F)(F)F.[Pd+2]. The molecule has 3 aliphatic rings. The number of rotatable bonds is 3. The zero-order valence-corrected chi connectivity index (χ0v) is 23.7. The van der Waals surface area contributed by atoms with E-state index in [9.17, 15) is 26.3 Å². The van der Waals surface area contributed by atoms with E-state index in [1.807, 2.05) is 0 Å². The van der Waals surface area contributed by atoms with Gasteiger partial charge in [-0.25, -0.2) is 16.8 Å². The van der Waals surface area contributed by atoms with Crippen LogP contribution in [-0.2, 0) is 40.7 Å². The summed E-state index contributed by atoms with van der Waals surface area (Å²) >= 11 is 0. The first-order valence-electron chi connectivity index (χ1n) is 11.8. The van der Waals surface area contributed by atoms with Crippen LogP contribution >= 0.6 is 7.92 Å². The Kier molecular flexibility index (Phi) is 16.1. The monoisotopic (exact) mass is 684 g/mol. The van der Waals surface area contributed by atoms with Crippen molar-refractivity contribution in [3.05, 3.63) is 0 Å². The van der Waals surface area contributed by atoms with Crippen LogP contribution in [0.5, 0.6) is 0 Å². The van der Waals surface area contributed by atoms with Crippen molar-refractivity contribution in [3.8, 4) is 0 Å². The third-order valence-corrected chi connectivity index (χ3v) is 11.8. The molecular formula is C20H33F6O6PPdS2. The van der Waals surface area contributed by atoms with E-state index in [4.69, 9.17) is 25.9 Å². The maximum atomic E-state index is 10.7. The average Bonchev–Trinajstić information content (AvgIpc) is 2.74. The molecular weight excluding hydrogens is 652 g/mol. The molecule has 0 unspecified atom stereocenters. The Hall–Kier alpha value is 0.492. The molecule has 0 heterocycles. The van der Waals surface area contributed by atoms with Gasteiger partial charge < -0.3 is 9.11 Å². The molecule has 0 aromatic heterocycles. The fraction of sp³-hybridized carbons (Fsp3) is 1.00. The first-order chi connectivity index (χ1) is 15.9. The summed E-state index contributed by atoms with van der Waals surface area (Å²) in [4.78, 5) is 0. The number of alkyl halides is 6. The van der Waals surface area contributed by atoms with E-state index in [0.29, 0.717) is 7.92 Å². The van der Waals surface area contributed by atoms with Crippen LogP contribution in [0.4, 0.5) is 26.3 Å². The molecule has 3 rings (SSSR count). The molecule has 0 aromatic carbocycles. The van der Waals surface area contributed by atoms with Gasteiger partial charge in [-0.3, -0.25) is 0 Å². The minimum atomic E-state index is -6.09. The average molecular weight is 685 g/mol. The van der Waals surface area contributed by atoms with E-state index in [1.165, 1.54) is 36.2 Å². The molecule has 0 radical (unpaired) electrons. The van der Waals surface area contributed by atoms with Crippen molar-refractivity contribution in [2.75, 3.05) is 0 Å². The molecule has 0 aliphatic heterocycles. The summed E-state index contributed by atoms with van der Waals surface area (Å²) in [5, 5.41) is 0. The van der Waals surface area contributed by atoms with E-state index in [0.717, 1.165) is 0 Å². The molecule has 16 heteroatoms. The van der Waals surface area contributed by atoms with Crippen molar-refractivity contribution >= 4 is 28.2 Å². The summed E-state index contributed by atoms with van der Waals surface area (Å²) in [6, 6.07) is 0. The first-order valence-corrected chi connectivity index (χ1v) is 16.1. The van der Waals surface area contributed by atoms with E-state index >= 15 is 0 Å². The van der Waals surface area contributed by atoms with Gasteiger partial charge in [-0.15, -0.1) is 0 Å². The van der Waals surface area contributed by atoms with E-state index in [-0.39, 0.29) is 20.4 Å². The largest absolute Gasteiger partial charge is 2.00 e. The van der Waals surface area contributed by atoms with Gasteiger partial charge in [0.15, 0.2) is 20.2 Å². The predicted molar refractivity (Wildman–Crippen MR) is 119 cm³/mol. The molecule has 0 bridgehead atoms. The van der Waals surface area contributed by atoms with Crippen molar-refractivity contribution in [3.63, 3.8) is 0 Å². The van der Waals surface area contributed by atoms with Gasteiger partial charge in [-0.05, 0) is 55.5 Å². The summed E-state index contributed by atoms with van der Waals surface area (Å²) in [6.07, 6.45) is 23.6. The third-order valence-electron chi connectivity index (χ3n) is 6.56. The molecule has 0 N–H and O–H groups in total. The maximum Gasteiger partial charge on any atom is 2.00 e. The van der Waals surface area contributed by atoms with Crippen molar-refractivity contribution in [1.29, 1.82) is 0 Å². The van der Waals surface area contributed by atoms with Gasteiger partial charge in [-0.2, -0.15) is 26.3 Å². The van der Waals surface area contributed by atoms with Crippen LogP contribution in [-0.4, -0.2) is 53.9 Å². The smallest absolute Gasteiger partial charge is 0.741 e. The van der Waals surface area contributed by atoms with Crippen LogP contribution in [0.2, 0.25) is 0 Å². The summed E-state index contributed by atoms with van der Waals surface area (Å²) in [6.45, 7) is 0. The van der Waals surface area contributed by atoms with Crippen LogP contribution in [0.15, 0.2) is 0 Å². The molecule has 0 aromatic rings. The van der Waals surface area contributed by atoms with Crippen LogP contribution in [0.3, 0.4) is 0 Å². The summed E-state index contributed by atoms with van der Waals surface area (Å²) in [5.74, 6) is 0. The van der Waals surface area contributed by atoms with E-state index < -0.39 is 31.3 Å². The van der Waals surface area contributed by atoms with Crippen molar-refractivity contribution in [2.45, 2.75) is 124 Å². The molecule has 3 saturated carbocycles. The molecule has 0 saturated heterocycles. The van der Waals surface area contributed by atoms with Gasteiger partial charge in [0, 0.05) is 0 Å². The second-order valence-corrected chi connectivity index (χ2v) is 15.0. The molecule has 6 nitrogen and oxygen atoms in total. The second kappa shape index (κ2) is 15.9. The Morgan fingerprint density at radius 1 is 0.500 bits per heavy atom. The van der Waals surface area contributed by atoms with Gasteiger partial charge >= 0.3 is 31.4 Å². The molecule has 3 fully saturated rings. The quantitative estimate of drug-likeness (QED) is 0.109. The topological polar surface area (TPSA) is 114 Å². The Labute approximate surface area is 224 Å². The Morgan fingerprint density at radius 2 is 0.667 bits per heavy atom. The Morgan fingerprint density at radius 3 is 0.806 bits per heavy atom. The Bertz CT molecular complexity index is 736.